The smallest absolute Gasteiger partial charge is 0.123 e. The Balaban J connectivity index is 2.48. The molecule has 0 aliphatic carbocycles. The lowest BCUT2D eigenvalue weighted by atomic mass is 10.0. The van der Waals surface area contributed by atoms with Crippen molar-refractivity contribution in [3.63, 3.8) is 0 Å². The summed E-state index contributed by atoms with van der Waals surface area (Å²) in [6.45, 7) is 4.45. The van der Waals surface area contributed by atoms with Crippen molar-refractivity contribution < 1.29 is 0 Å². The Hall–Kier alpha value is -1.05. The molecule has 0 aromatic carbocycles. The maximum absolute atomic E-state index is 5.47. The standard InChI is InChI=1S/C10H16N2/c1-8(2)3-4-9-5-6-10(11)12-7-9/h5-8H,3-4H2,1-2H3,(H2,11,12). The number of hydrogen-bond acceptors (Lipinski definition) is 2. The van der Waals surface area contributed by atoms with Crippen molar-refractivity contribution in [2.45, 2.75) is 26.7 Å². The largest absolute Gasteiger partial charge is 0.384 e. The zero-order valence-corrected chi connectivity index (χ0v) is 7.75. The van der Waals surface area contributed by atoms with E-state index < -0.39 is 0 Å². The summed E-state index contributed by atoms with van der Waals surface area (Å²) in [6.07, 6.45) is 4.17. The zero-order valence-electron chi connectivity index (χ0n) is 7.75. The number of aromatic nitrogens is 1. The van der Waals surface area contributed by atoms with Crippen LogP contribution in [0.5, 0.6) is 0 Å². The highest BCUT2D eigenvalue weighted by atomic mass is 14.8. The zero-order chi connectivity index (χ0) is 8.97. The molecule has 2 N–H and O–H groups in total. The summed E-state index contributed by atoms with van der Waals surface area (Å²) in [5, 5.41) is 0. The first kappa shape index (κ1) is 9.04. The van der Waals surface area contributed by atoms with E-state index in [1.165, 1.54) is 12.0 Å². The molecule has 0 saturated carbocycles. The van der Waals surface area contributed by atoms with Crippen LogP contribution in [0.25, 0.3) is 0 Å². The van der Waals surface area contributed by atoms with E-state index in [2.05, 4.69) is 18.8 Å². The minimum absolute atomic E-state index is 0.600. The molecular formula is C10H16N2. The van der Waals surface area contributed by atoms with Gasteiger partial charge in [0, 0.05) is 6.20 Å². The van der Waals surface area contributed by atoms with Crippen molar-refractivity contribution in [3.8, 4) is 0 Å². The Morgan fingerprint density at radius 3 is 2.67 bits per heavy atom. The van der Waals surface area contributed by atoms with Gasteiger partial charge in [-0.1, -0.05) is 19.9 Å². The predicted molar refractivity (Wildman–Crippen MR) is 51.8 cm³/mol. The first-order valence-corrected chi connectivity index (χ1v) is 4.39. The molecule has 0 aliphatic heterocycles. The van der Waals surface area contributed by atoms with Crippen LogP contribution in [-0.4, -0.2) is 4.98 Å². The molecule has 1 aromatic rings. The summed E-state index contributed by atoms with van der Waals surface area (Å²) in [5.41, 5.74) is 6.75. The Morgan fingerprint density at radius 2 is 2.17 bits per heavy atom. The normalized spacial score (nSPS) is 10.6. The highest BCUT2D eigenvalue weighted by Crippen LogP contribution is 2.08. The Labute approximate surface area is 73.8 Å². The van der Waals surface area contributed by atoms with Crippen LogP contribution in [0.2, 0.25) is 0 Å². The third-order valence-corrected chi connectivity index (χ3v) is 1.86. The monoisotopic (exact) mass is 164 g/mol. The first-order chi connectivity index (χ1) is 5.68. The molecule has 1 rings (SSSR count). The predicted octanol–water partition coefficient (Wildman–Crippen LogP) is 2.25. The quantitative estimate of drug-likeness (QED) is 0.744. The van der Waals surface area contributed by atoms with Crippen molar-refractivity contribution in [1.29, 1.82) is 0 Å². The third-order valence-electron chi connectivity index (χ3n) is 1.86. The number of rotatable bonds is 3. The number of nitrogens with two attached hydrogens (primary N) is 1. The topological polar surface area (TPSA) is 38.9 Å². The maximum Gasteiger partial charge on any atom is 0.123 e. The van der Waals surface area contributed by atoms with Crippen molar-refractivity contribution in [3.05, 3.63) is 23.9 Å². The molecule has 0 fully saturated rings. The lowest BCUT2D eigenvalue weighted by Crippen LogP contribution is -1.94. The van der Waals surface area contributed by atoms with Crippen LogP contribution in [0.3, 0.4) is 0 Å². The second-order valence-electron chi connectivity index (χ2n) is 3.52. The van der Waals surface area contributed by atoms with Crippen LogP contribution in [0.1, 0.15) is 25.8 Å². The molecule has 1 aromatic heterocycles. The van der Waals surface area contributed by atoms with Crippen molar-refractivity contribution in [1.82, 2.24) is 4.98 Å². The van der Waals surface area contributed by atoms with Crippen LogP contribution < -0.4 is 5.73 Å². The number of nitrogen functional groups attached to an aromatic ring is 1. The maximum atomic E-state index is 5.47. The van der Waals surface area contributed by atoms with Gasteiger partial charge < -0.3 is 5.73 Å². The van der Waals surface area contributed by atoms with Crippen LogP contribution in [0.15, 0.2) is 18.3 Å². The fourth-order valence-corrected chi connectivity index (χ4v) is 1.04. The van der Waals surface area contributed by atoms with Crippen LogP contribution in [-0.2, 0) is 6.42 Å². The lowest BCUT2D eigenvalue weighted by Gasteiger charge is -2.03. The van der Waals surface area contributed by atoms with Gasteiger partial charge in [0.25, 0.3) is 0 Å². The number of aryl methyl sites for hydroxylation is 1. The fourth-order valence-electron chi connectivity index (χ4n) is 1.04. The van der Waals surface area contributed by atoms with Crippen LogP contribution in [0.4, 0.5) is 5.82 Å². The summed E-state index contributed by atoms with van der Waals surface area (Å²) in [4.78, 5) is 4.03. The van der Waals surface area contributed by atoms with Gasteiger partial charge in [0.05, 0.1) is 0 Å². The average molecular weight is 164 g/mol. The Bertz CT molecular complexity index is 226. The van der Waals surface area contributed by atoms with Gasteiger partial charge in [-0.3, -0.25) is 0 Å². The Kier molecular flexibility index (Phi) is 3.09. The molecule has 0 saturated heterocycles. The molecule has 0 spiro atoms. The van der Waals surface area contributed by atoms with Crippen LogP contribution >= 0.6 is 0 Å². The van der Waals surface area contributed by atoms with Gasteiger partial charge in [0.2, 0.25) is 0 Å². The van der Waals surface area contributed by atoms with E-state index in [0.29, 0.717) is 5.82 Å². The molecule has 66 valence electrons. The van der Waals surface area contributed by atoms with Gasteiger partial charge in [-0.05, 0) is 30.4 Å². The average Bonchev–Trinajstić information content (AvgIpc) is 2.03. The Morgan fingerprint density at radius 1 is 1.42 bits per heavy atom. The molecule has 0 atom stereocenters. The number of pyridine rings is 1. The molecule has 2 heteroatoms. The van der Waals surface area contributed by atoms with Crippen molar-refractivity contribution >= 4 is 5.82 Å². The molecule has 2 nitrogen and oxygen atoms in total. The van der Waals surface area contributed by atoms with E-state index >= 15 is 0 Å². The minimum atomic E-state index is 0.600. The third kappa shape index (κ3) is 2.91. The number of anilines is 1. The molecule has 1 heterocycles. The van der Waals surface area contributed by atoms with E-state index in [1.807, 2.05) is 18.3 Å². The second kappa shape index (κ2) is 4.10. The number of nitrogens with zero attached hydrogens (tertiary/aromatic N) is 1. The molecule has 0 amide bonds. The van der Waals surface area contributed by atoms with Crippen molar-refractivity contribution in [2.75, 3.05) is 5.73 Å². The second-order valence-corrected chi connectivity index (χ2v) is 3.52. The number of hydrogen-bond donors (Lipinski definition) is 1. The summed E-state index contributed by atoms with van der Waals surface area (Å²) in [5.74, 6) is 1.35. The minimum Gasteiger partial charge on any atom is -0.384 e. The fraction of sp³-hybridized carbons (Fsp3) is 0.500. The van der Waals surface area contributed by atoms with Gasteiger partial charge in [-0.25, -0.2) is 4.98 Å². The molecule has 0 unspecified atom stereocenters. The van der Waals surface area contributed by atoms with Gasteiger partial charge in [0.15, 0.2) is 0 Å². The highest BCUT2D eigenvalue weighted by Gasteiger charge is 1.96. The van der Waals surface area contributed by atoms with Gasteiger partial charge in [0.1, 0.15) is 5.82 Å². The summed E-state index contributed by atoms with van der Waals surface area (Å²) in [7, 11) is 0. The SMILES string of the molecule is CC(C)CCc1ccc(N)nc1. The molecular weight excluding hydrogens is 148 g/mol. The van der Waals surface area contributed by atoms with E-state index in [9.17, 15) is 0 Å². The molecule has 12 heavy (non-hydrogen) atoms. The summed E-state index contributed by atoms with van der Waals surface area (Å²) < 4.78 is 0. The van der Waals surface area contributed by atoms with E-state index in [4.69, 9.17) is 5.73 Å². The van der Waals surface area contributed by atoms with Gasteiger partial charge in [-0.2, -0.15) is 0 Å². The van der Waals surface area contributed by atoms with E-state index in [0.717, 1.165) is 12.3 Å². The molecule has 0 bridgehead atoms. The van der Waals surface area contributed by atoms with E-state index in [1.54, 1.807) is 0 Å². The van der Waals surface area contributed by atoms with Gasteiger partial charge >= 0.3 is 0 Å². The van der Waals surface area contributed by atoms with Crippen LogP contribution in [0, 0.1) is 5.92 Å². The lowest BCUT2D eigenvalue weighted by molar-refractivity contribution is 0.586. The first-order valence-electron chi connectivity index (χ1n) is 4.39. The molecule has 0 aliphatic rings. The van der Waals surface area contributed by atoms with Gasteiger partial charge in [-0.15, -0.1) is 0 Å². The summed E-state index contributed by atoms with van der Waals surface area (Å²) >= 11 is 0. The van der Waals surface area contributed by atoms with Crippen molar-refractivity contribution in [2.24, 2.45) is 5.92 Å². The molecule has 0 radical (unpaired) electrons. The highest BCUT2D eigenvalue weighted by molar-refractivity contribution is 5.29. The summed E-state index contributed by atoms with van der Waals surface area (Å²) in [6, 6.07) is 3.90. The van der Waals surface area contributed by atoms with E-state index in [-0.39, 0.29) is 0 Å².